The van der Waals surface area contributed by atoms with Gasteiger partial charge in [-0.3, -0.25) is 0 Å². The van der Waals surface area contributed by atoms with Crippen LogP contribution in [0.2, 0.25) is 0 Å². The Bertz CT molecular complexity index is 253. The Labute approximate surface area is 65.6 Å². The summed E-state index contributed by atoms with van der Waals surface area (Å²) in [6.07, 6.45) is 1.17. The molecule has 4 heteroatoms. The summed E-state index contributed by atoms with van der Waals surface area (Å²) in [6, 6.07) is 0. The maximum absolute atomic E-state index is 4.07. The minimum absolute atomic E-state index is 0.862. The van der Waals surface area contributed by atoms with Crippen molar-refractivity contribution >= 4 is 0 Å². The van der Waals surface area contributed by atoms with E-state index in [1.165, 1.54) is 6.42 Å². The Morgan fingerprint density at radius 1 is 1.45 bits per heavy atom. The molecule has 0 bridgehead atoms. The zero-order chi connectivity index (χ0) is 7.68. The molecule has 1 aromatic rings. The van der Waals surface area contributed by atoms with Gasteiger partial charge in [0.05, 0.1) is 6.54 Å². The Morgan fingerprint density at radius 2 is 2.36 bits per heavy atom. The van der Waals surface area contributed by atoms with Crippen molar-refractivity contribution in [2.75, 3.05) is 6.54 Å². The lowest BCUT2D eigenvalue weighted by Crippen LogP contribution is -2.12. The van der Waals surface area contributed by atoms with E-state index in [2.05, 4.69) is 20.1 Å². The van der Waals surface area contributed by atoms with Crippen molar-refractivity contribution in [3.63, 3.8) is 0 Å². The van der Waals surface area contributed by atoms with Crippen LogP contribution < -0.4 is 5.32 Å². The molecule has 0 aromatic carbocycles. The third-order valence-corrected chi connectivity index (χ3v) is 2.03. The number of nitrogens with one attached hydrogen (secondary N) is 1. The monoisotopic (exact) mass is 152 g/mol. The van der Waals surface area contributed by atoms with Gasteiger partial charge in [0, 0.05) is 6.54 Å². The van der Waals surface area contributed by atoms with Crippen LogP contribution in [0.5, 0.6) is 0 Å². The van der Waals surface area contributed by atoms with Crippen LogP contribution in [-0.4, -0.2) is 21.3 Å². The lowest BCUT2D eigenvalue weighted by atomic mass is 10.4. The fraction of sp³-hybridized carbons (Fsp3) is 0.714. The number of hydrogen-bond acceptors (Lipinski definition) is 3. The Morgan fingerprint density at radius 3 is 3.27 bits per heavy atom. The van der Waals surface area contributed by atoms with Crippen molar-refractivity contribution in [1.29, 1.82) is 0 Å². The van der Waals surface area contributed by atoms with Crippen molar-refractivity contribution in [2.24, 2.45) is 0 Å². The predicted octanol–water partition coefficient (Wildman–Crippen LogP) is 0.0798. The van der Waals surface area contributed by atoms with Crippen LogP contribution in [0.25, 0.3) is 0 Å². The van der Waals surface area contributed by atoms with Gasteiger partial charge in [-0.15, -0.1) is 10.2 Å². The molecule has 0 saturated carbocycles. The summed E-state index contributed by atoms with van der Waals surface area (Å²) < 4.78 is 2.18. The van der Waals surface area contributed by atoms with Crippen molar-refractivity contribution in [2.45, 2.75) is 26.4 Å². The summed E-state index contributed by atoms with van der Waals surface area (Å²) >= 11 is 0. The largest absolute Gasteiger partial charge is 0.314 e. The Hall–Kier alpha value is -0.900. The third-order valence-electron chi connectivity index (χ3n) is 2.03. The number of hydrogen-bond donors (Lipinski definition) is 1. The van der Waals surface area contributed by atoms with Gasteiger partial charge < -0.3 is 9.88 Å². The number of aryl methyl sites for hydroxylation is 1. The second-order valence-electron chi connectivity index (χ2n) is 2.85. The van der Waals surface area contributed by atoms with Gasteiger partial charge in [-0.2, -0.15) is 0 Å². The summed E-state index contributed by atoms with van der Waals surface area (Å²) in [4.78, 5) is 0. The standard InChI is InChI=1S/C7H12N4/c1-6-9-10-7-5-8-3-2-4-11(6)7/h8H,2-5H2,1H3. The lowest BCUT2D eigenvalue weighted by molar-refractivity contribution is 0.629. The first-order valence-electron chi connectivity index (χ1n) is 3.97. The van der Waals surface area contributed by atoms with Crippen LogP contribution in [0.3, 0.4) is 0 Å². The zero-order valence-corrected chi connectivity index (χ0v) is 6.67. The van der Waals surface area contributed by atoms with E-state index in [0.29, 0.717) is 0 Å². The number of nitrogens with zero attached hydrogens (tertiary/aromatic N) is 3. The highest BCUT2D eigenvalue weighted by Crippen LogP contribution is 2.04. The molecule has 0 radical (unpaired) electrons. The minimum atomic E-state index is 0.862. The third kappa shape index (κ3) is 1.14. The highest BCUT2D eigenvalue weighted by molar-refractivity contribution is 4.94. The number of rotatable bonds is 0. The van der Waals surface area contributed by atoms with Gasteiger partial charge in [-0.1, -0.05) is 0 Å². The summed E-state index contributed by atoms with van der Waals surface area (Å²) in [6.45, 7) is 5.01. The molecule has 0 aliphatic carbocycles. The molecule has 60 valence electrons. The maximum atomic E-state index is 4.07. The van der Waals surface area contributed by atoms with E-state index >= 15 is 0 Å². The summed E-state index contributed by atoms with van der Waals surface area (Å²) in [5, 5.41) is 11.4. The summed E-state index contributed by atoms with van der Waals surface area (Å²) in [5.74, 6) is 2.10. The van der Waals surface area contributed by atoms with Gasteiger partial charge in [0.15, 0.2) is 0 Å². The van der Waals surface area contributed by atoms with E-state index in [1.807, 2.05) is 6.92 Å². The molecule has 1 aliphatic heterocycles. The van der Waals surface area contributed by atoms with Crippen LogP contribution >= 0.6 is 0 Å². The van der Waals surface area contributed by atoms with Crippen LogP contribution in [0.4, 0.5) is 0 Å². The van der Waals surface area contributed by atoms with Crippen LogP contribution in [0.1, 0.15) is 18.1 Å². The van der Waals surface area contributed by atoms with Gasteiger partial charge in [0.1, 0.15) is 11.6 Å². The quantitative estimate of drug-likeness (QED) is 0.572. The predicted molar refractivity (Wildman–Crippen MR) is 41.1 cm³/mol. The normalized spacial score (nSPS) is 17.5. The smallest absolute Gasteiger partial charge is 0.146 e. The molecule has 0 fully saturated rings. The molecule has 0 spiro atoms. The van der Waals surface area contributed by atoms with Gasteiger partial charge in [-0.25, -0.2) is 0 Å². The second-order valence-corrected chi connectivity index (χ2v) is 2.85. The van der Waals surface area contributed by atoms with Crippen molar-refractivity contribution in [3.05, 3.63) is 11.6 Å². The zero-order valence-electron chi connectivity index (χ0n) is 6.67. The van der Waals surface area contributed by atoms with Gasteiger partial charge >= 0.3 is 0 Å². The van der Waals surface area contributed by atoms with Crippen LogP contribution in [0.15, 0.2) is 0 Å². The number of fused-ring (bicyclic) bond motifs is 1. The molecule has 1 aliphatic rings. The average molecular weight is 152 g/mol. The molecule has 0 amide bonds. The van der Waals surface area contributed by atoms with Gasteiger partial charge in [0.2, 0.25) is 0 Å². The van der Waals surface area contributed by atoms with Crippen molar-refractivity contribution < 1.29 is 0 Å². The number of aromatic nitrogens is 3. The fourth-order valence-corrected chi connectivity index (χ4v) is 1.41. The van der Waals surface area contributed by atoms with E-state index in [9.17, 15) is 0 Å². The summed E-state index contributed by atoms with van der Waals surface area (Å²) in [5.41, 5.74) is 0. The first-order valence-corrected chi connectivity index (χ1v) is 3.97. The molecule has 2 rings (SSSR count). The van der Waals surface area contributed by atoms with E-state index in [1.54, 1.807) is 0 Å². The second kappa shape index (κ2) is 2.62. The fourth-order valence-electron chi connectivity index (χ4n) is 1.41. The Balaban J connectivity index is 2.35. The summed E-state index contributed by atoms with van der Waals surface area (Å²) in [7, 11) is 0. The van der Waals surface area contributed by atoms with Crippen LogP contribution in [-0.2, 0) is 13.1 Å². The minimum Gasteiger partial charge on any atom is -0.314 e. The molecule has 11 heavy (non-hydrogen) atoms. The van der Waals surface area contributed by atoms with Crippen molar-refractivity contribution in [1.82, 2.24) is 20.1 Å². The molecular formula is C7H12N4. The molecule has 4 nitrogen and oxygen atoms in total. The molecule has 0 unspecified atom stereocenters. The molecule has 1 N–H and O–H groups in total. The Kier molecular flexibility index (Phi) is 1.62. The first kappa shape index (κ1) is 6.79. The molecule has 2 heterocycles. The molecular weight excluding hydrogens is 140 g/mol. The highest BCUT2D eigenvalue weighted by atomic mass is 15.3. The topological polar surface area (TPSA) is 42.7 Å². The van der Waals surface area contributed by atoms with E-state index in [0.717, 1.165) is 31.3 Å². The van der Waals surface area contributed by atoms with Gasteiger partial charge in [0.25, 0.3) is 0 Å². The molecule has 1 aromatic heterocycles. The van der Waals surface area contributed by atoms with E-state index in [-0.39, 0.29) is 0 Å². The lowest BCUT2D eigenvalue weighted by Gasteiger charge is -2.00. The molecule has 0 saturated heterocycles. The molecule has 0 atom stereocenters. The van der Waals surface area contributed by atoms with Crippen LogP contribution in [0, 0.1) is 6.92 Å². The van der Waals surface area contributed by atoms with E-state index in [4.69, 9.17) is 0 Å². The first-order chi connectivity index (χ1) is 5.38. The van der Waals surface area contributed by atoms with Crippen molar-refractivity contribution in [3.8, 4) is 0 Å². The maximum Gasteiger partial charge on any atom is 0.146 e. The van der Waals surface area contributed by atoms with E-state index < -0.39 is 0 Å². The highest BCUT2D eigenvalue weighted by Gasteiger charge is 2.10. The SMILES string of the molecule is Cc1nnc2n1CCCNC2. The average Bonchev–Trinajstić information content (AvgIpc) is 2.25. The van der Waals surface area contributed by atoms with Gasteiger partial charge in [-0.05, 0) is 19.9 Å².